The van der Waals surface area contributed by atoms with Crippen LogP contribution in [0.1, 0.15) is 19.8 Å². The molecule has 5 heteroatoms. The van der Waals surface area contributed by atoms with E-state index in [1.54, 1.807) is 14.2 Å². The minimum Gasteiger partial charge on any atom is -0.489 e. The van der Waals surface area contributed by atoms with Gasteiger partial charge in [0.05, 0.1) is 6.54 Å². The lowest BCUT2D eigenvalue weighted by Gasteiger charge is -2.20. The number of hydrogen-bond acceptors (Lipinski definition) is 3. The summed E-state index contributed by atoms with van der Waals surface area (Å²) in [6, 6.07) is 9.89. The minimum absolute atomic E-state index is 0.116. The standard InChI is InChI=1S/C16H27N3O2/c1-4-14(21-15-9-6-5-7-10-15)13-19-16(17-2)18-11-8-12-20-3/h5-7,9-10,14H,4,8,11-13H2,1-3H3,(H2,17,18,19). The average Bonchev–Trinajstić information content (AvgIpc) is 2.54. The molecule has 1 unspecified atom stereocenters. The number of benzene rings is 1. The lowest BCUT2D eigenvalue weighted by Crippen LogP contribution is -2.42. The van der Waals surface area contributed by atoms with Crippen LogP contribution < -0.4 is 15.4 Å². The van der Waals surface area contributed by atoms with Crippen molar-refractivity contribution in [2.45, 2.75) is 25.9 Å². The van der Waals surface area contributed by atoms with Crippen LogP contribution in [-0.4, -0.2) is 45.9 Å². The first-order chi connectivity index (χ1) is 10.3. The van der Waals surface area contributed by atoms with Gasteiger partial charge in [-0.15, -0.1) is 0 Å². The summed E-state index contributed by atoms with van der Waals surface area (Å²) in [4.78, 5) is 4.20. The van der Waals surface area contributed by atoms with Crippen molar-refractivity contribution in [2.24, 2.45) is 4.99 Å². The SMILES string of the molecule is CCC(CNC(=NC)NCCCOC)Oc1ccccc1. The van der Waals surface area contributed by atoms with Crippen molar-refractivity contribution in [3.05, 3.63) is 30.3 Å². The van der Waals surface area contributed by atoms with Crippen molar-refractivity contribution in [3.8, 4) is 5.75 Å². The molecule has 0 saturated carbocycles. The number of methoxy groups -OCH3 is 1. The Kier molecular flexibility index (Phi) is 9.04. The topological polar surface area (TPSA) is 54.9 Å². The minimum atomic E-state index is 0.116. The average molecular weight is 293 g/mol. The fourth-order valence-corrected chi connectivity index (χ4v) is 1.82. The maximum atomic E-state index is 5.94. The second-order valence-corrected chi connectivity index (χ2v) is 4.69. The van der Waals surface area contributed by atoms with Crippen LogP contribution in [0.4, 0.5) is 0 Å². The fraction of sp³-hybridized carbons (Fsp3) is 0.562. The van der Waals surface area contributed by atoms with E-state index in [-0.39, 0.29) is 6.10 Å². The van der Waals surface area contributed by atoms with E-state index in [1.165, 1.54) is 0 Å². The summed E-state index contributed by atoms with van der Waals surface area (Å²) in [6.07, 6.45) is 2.00. The summed E-state index contributed by atoms with van der Waals surface area (Å²) in [5.41, 5.74) is 0. The molecular weight excluding hydrogens is 266 g/mol. The van der Waals surface area contributed by atoms with Crippen molar-refractivity contribution in [1.82, 2.24) is 10.6 Å². The van der Waals surface area contributed by atoms with Gasteiger partial charge in [-0.1, -0.05) is 25.1 Å². The van der Waals surface area contributed by atoms with Gasteiger partial charge < -0.3 is 20.1 Å². The van der Waals surface area contributed by atoms with Gasteiger partial charge in [-0.05, 0) is 25.0 Å². The molecule has 21 heavy (non-hydrogen) atoms. The number of nitrogens with zero attached hydrogens (tertiary/aromatic N) is 1. The Morgan fingerprint density at radius 1 is 1.24 bits per heavy atom. The van der Waals surface area contributed by atoms with E-state index in [4.69, 9.17) is 9.47 Å². The maximum absolute atomic E-state index is 5.94. The Bertz CT molecular complexity index is 396. The largest absolute Gasteiger partial charge is 0.489 e. The van der Waals surface area contributed by atoms with Gasteiger partial charge >= 0.3 is 0 Å². The Balaban J connectivity index is 2.32. The van der Waals surface area contributed by atoms with Gasteiger partial charge in [-0.3, -0.25) is 4.99 Å². The van der Waals surface area contributed by atoms with Crippen molar-refractivity contribution < 1.29 is 9.47 Å². The summed E-state index contributed by atoms with van der Waals surface area (Å²) in [5.74, 6) is 1.69. The fourth-order valence-electron chi connectivity index (χ4n) is 1.82. The van der Waals surface area contributed by atoms with Crippen molar-refractivity contribution in [2.75, 3.05) is 33.9 Å². The lowest BCUT2D eigenvalue weighted by molar-refractivity contribution is 0.194. The van der Waals surface area contributed by atoms with Gasteiger partial charge in [0.25, 0.3) is 0 Å². The normalized spacial score (nSPS) is 12.8. The van der Waals surface area contributed by atoms with Crippen LogP contribution in [0.25, 0.3) is 0 Å². The molecule has 0 aromatic heterocycles. The molecule has 0 aliphatic carbocycles. The predicted octanol–water partition coefficient (Wildman–Crippen LogP) is 2.05. The highest BCUT2D eigenvalue weighted by Crippen LogP contribution is 2.11. The van der Waals surface area contributed by atoms with Gasteiger partial charge in [0.15, 0.2) is 5.96 Å². The van der Waals surface area contributed by atoms with E-state index in [2.05, 4.69) is 22.5 Å². The molecule has 0 bridgehead atoms. The molecule has 5 nitrogen and oxygen atoms in total. The molecule has 0 aliphatic rings. The first-order valence-electron chi connectivity index (χ1n) is 7.45. The highest BCUT2D eigenvalue weighted by Gasteiger charge is 2.08. The number of guanidine groups is 1. The lowest BCUT2D eigenvalue weighted by atomic mass is 10.2. The van der Waals surface area contributed by atoms with E-state index >= 15 is 0 Å². The number of rotatable bonds is 9. The molecule has 0 heterocycles. The first-order valence-corrected chi connectivity index (χ1v) is 7.45. The molecule has 0 spiro atoms. The van der Waals surface area contributed by atoms with Crippen molar-refractivity contribution in [3.63, 3.8) is 0 Å². The molecule has 1 aromatic carbocycles. The predicted molar refractivity (Wildman–Crippen MR) is 87.0 cm³/mol. The summed E-state index contributed by atoms with van der Waals surface area (Å²) in [7, 11) is 3.48. The molecule has 0 amide bonds. The van der Waals surface area contributed by atoms with Gasteiger partial charge in [-0.25, -0.2) is 0 Å². The van der Waals surface area contributed by atoms with Crippen LogP contribution in [0.5, 0.6) is 5.75 Å². The summed E-state index contributed by atoms with van der Waals surface area (Å²) in [6.45, 7) is 4.42. The molecule has 0 fully saturated rings. The van der Waals surface area contributed by atoms with Crippen LogP contribution in [0.2, 0.25) is 0 Å². The number of aliphatic imine (C=N–C) groups is 1. The molecular formula is C16H27N3O2. The summed E-state index contributed by atoms with van der Waals surface area (Å²) < 4.78 is 11.0. The molecule has 2 N–H and O–H groups in total. The quantitative estimate of drug-likeness (QED) is 0.416. The number of ether oxygens (including phenoxy) is 2. The van der Waals surface area contributed by atoms with Gasteiger partial charge in [-0.2, -0.15) is 0 Å². The van der Waals surface area contributed by atoms with E-state index in [0.29, 0.717) is 0 Å². The van der Waals surface area contributed by atoms with E-state index in [9.17, 15) is 0 Å². The van der Waals surface area contributed by atoms with Gasteiger partial charge in [0.1, 0.15) is 11.9 Å². The zero-order valence-electron chi connectivity index (χ0n) is 13.3. The molecule has 1 aromatic rings. The van der Waals surface area contributed by atoms with Gasteiger partial charge in [0.2, 0.25) is 0 Å². The Labute approximate surface area is 127 Å². The Hall–Kier alpha value is -1.75. The second-order valence-electron chi connectivity index (χ2n) is 4.69. The molecule has 1 rings (SSSR count). The third kappa shape index (κ3) is 7.56. The Morgan fingerprint density at radius 3 is 2.62 bits per heavy atom. The third-order valence-corrected chi connectivity index (χ3v) is 3.04. The first kappa shape index (κ1) is 17.3. The zero-order chi connectivity index (χ0) is 15.3. The third-order valence-electron chi connectivity index (χ3n) is 3.04. The maximum Gasteiger partial charge on any atom is 0.191 e. The summed E-state index contributed by atoms with van der Waals surface area (Å²) >= 11 is 0. The van der Waals surface area contributed by atoms with Crippen LogP contribution >= 0.6 is 0 Å². The highest BCUT2D eigenvalue weighted by atomic mass is 16.5. The molecule has 0 aliphatic heterocycles. The monoisotopic (exact) mass is 293 g/mol. The zero-order valence-corrected chi connectivity index (χ0v) is 13.3. The number of para-hydroxylation sites is 1. The summed E-state index contributed by atoms with van der Waals surface area (Å²) in [5, 5.41) is 6.54. The van der Waals surface area contributed by atoms with Crippen LogP contribution in [-0.2, 0) is 4.74 Å². The Morgan fingerprint density at radius 2 is 2.00 bits per heavy atom. The van der Waals surface area contributed by atoms with Crippen LogP contribution in [0.3, 0.4) is 0 Å². The smallest absolute Gasteiger partial charge is 0.191 e. The van der Waals surface area contributed by atoms with Crippen LogP contribution in [0.15, 0.2) is 35.3 Å². The van der Waals surface area contributed by atoms with E-state index < -0.39 is 0 Å². The van der Waals surface area contributed by atoms with Gasteiger partial charge in [0, 0.05) is 27.3 Å². The molecule has 0 radical (unpaired) electrons. The van der Waals surface area contributed by atoms with E-state index in [1.807, 2.05) is 30.3 Å². The number of hydrogen-bond donors (Lipinski definition) is 2. The van der Waals surface area contributed by atoms with Crippen molar-refractivity contribution in [1.29, 1.82) is 0 Å². The number of nitrogens with one attached hydrogen (secondary N) is 2. The molecule has 118 valence electrons. The second kappa shape index (κ2) is 11.0. The van der Waals surface area contributed by atoms with Crippen molar-refractivity contribution >= 4 is 5.96 Å². The van der Waals surface area contributed by atoms with Crippen LogP contribution in [0, 0.1) is 0 Å². The molecule has 0 saturated heterocycles. The highest BCUT2D eigenvalue weighted by molar-refractivity contribution is 5.79. The molecule has 1 atom stereocenters. The van der Waals surface area contributed by atoms with E-state index in [0.717, 1.165) is 44.2 Å².